The van der Waals surface area contributed by atoms with Crippen molar-refractivity contribution in [1.29, 1.82) is 0 Å². The van der Waals surface area contributed by atoms with E-state index in [0.717, 1.165) is 5.56 Å². The smallest absolute Gasteiger partial charge is 0.379 e. The lowest BCUT2D eigenvalue weighted by atomic mass is 9.96. The number of hydrogen-bond donors (Lipinski definition) is 0. The fourth-order valence-electron chi connectivity index (χ4n) is 4.30. The van der Waals surface area contributed by atoms with Gasteiger partial charge in [0.2, 0.25) is 5.76 Å². The van der Waals surface area contributed by atoms with Crippen molar-refractivity contribution in [3.05, 3.63) is 115 Å². The average molecular weight is 545 g/mol. The third-order valence-electron chi connectivity index (χ3n) is 6.04. The van der Waals surface area contributed by atoms with Gasteiger partial charge in [0.05, 0.1) is 41.8 Å². The Hall–Kier alpha value is -4.70. The fourth-order valence-corrected chi connectivity index (χ4v) is 5.34. The molecule has 0 amide bonds. The van der Waals surface area contributed by atoms with Crippen LogP contribution in [0, 0.1) is 0 Å². The van der Waals surface area contributed by atoms with Gasteiger partial charge in [0.15, 0.2) is 16.3 Å². The number of carbonyl (C=O) groups is 2. The molecule has 0 spiro atoms. The molecule has 39 heavy (non-hydrogen) atoms. The van der Waals surface area contributed by atoms with E-state index in [1.165, 1.54) is 35.3 Å². The maximum atomic E-state index is 13.7. The summed E-state index contributed by atoms with van der Waals surface area (Å²) in [5.74, 6) is -0.595. The number of allylic oxidation sites excluding steroid dienone is 1. The Kier molecular flexibility index (Phi) is 7.29. The lowest BCUT2D eigenvalue weighted by Gasteiger charge is -2.24. The van der Waals surface area contributed by atoms with E-state index in [4.69, 9.17) is 18.6 Å². The minimum atomic E-state index is -0.679. The molecule has 0 fully saturated rings. The van der Waals surface area contributed by atoms with Crippen LogP contribution in [0.25, 0.3) is 6.08 Å². The summed E-state index contributed by atoms with van der Waals surface area (Å²) in [5, 5.41) is 0. The molecule has 9 nitrogen and oxygen atoms in total. The summed E-state index contributed by atoms with van der Waals surface area (Å²) in [6.07, 6.45) is 3.09. The lowest BCUT2D eigenvalue weighted by Crippen LogP contribution is -2.39. The molecule has 0 saturated carbocycles. The largest absolute Gasteiger partial charge is 0.493 e. The topological polar surface area (TPSA) is 109 Å². The number of thiazole rings is 1. The Morgan fingerprint density at radius 2 is 1.87 bits per heavy atom. The molecular weight excluding hydrogens is 520 g/mol. The summed E-state index contributed by atoms with van der Waals surface area (Å²) in [6, 6.07) is 16.7. The van der Waals surface area contributed by atoms with Crippen LogP contribution in [0.3, 0.4) is 0 Å². The molecule has 4 aromatic rings. The molecule has 1 atom stereocenters. The zero-order valence-corrected chi connectivity index (χ0v) is 22.2. The predicted molar refractivity (Wildman–Crippen MR) is 144 cm³/mol. The maximum absolute atomic E-state index is 13.7. The van der Waals surface area contributed by atoms with Gasteiger partial charge in [0.25, 0.3) is 5.56 Å². The third-order valence-corrected chi connectivity index (χ3v) is 7.03. The van der Waals surface area contributed by atoms with Crippen molar-refractivity contribution >= 4 is 29.4 Å². The SMILES string of the molecule is CCOC(=O)C1=C(C)N=c2s/c(=C\c3ccc(OC(=O)c4ccco4)c(OC)c3)c(=O)n2C1c1ccccc1. The minimum absolute atomic E-state index is 0.0627. The number of rotatable bonds is 7. The van der Waals surface area contributed by atoms with Crippen molar-refractivity contribution < 1.29 is 28.2 Å². The highest BCUT2D eigenvalue weighted by molar-refractivity contribution is 7.07. The van der Waals surface area contributed by atoms with E-state index in [-0.39, 0.29) is 23.7 Å². The van der Waals surface area contributed by atoms with Crippen LogP contribution < -0.4 is 24.4 Å². The second-order valence-corrected chi connectivity index (χ2v) is 9.50. The molecular formula is C29H24N2O7S. The van der Waals surface area contributed by atoms with E-state index in [0.29, 0.717) is 31.9 Å². The quantitative estimate of drug-likeness (QED) is 0.258. The summed E-state index contributed by atoms with van der Waals surface area (Å²) >= 11 is 1.22. The first kappa shape index (κ1) is 25.9. The van der Waals surface area contributed by atoms with Crippen LogP contribution in [-0.4, -0.2) is 30.2 Å². The molecule has 1 aliphatic heterocycles. The van der Waals surface area contributed by atoms with E-state index in [2.05, 4.69) is 4.99 Å². The molecule has 0 aliphatic carbocycles. The van der Waals surface area contributed by atoms with Crippen molar-refractivity contribution in [2.24, 2.45) is 4.99 Å². The van der Waals surface area contributed by atoms with Crippen LogP contribution >= 0.6 is 11.3 Å². The van der Waals surface area contributed by atoms with Crippen LogP contribution in [-0.2, 0) is 9.53 Å². The van der Waals surface area contributed by atoms with Gasteiger partial charge < -0.3 is 18.6 Å². The zero-order valence-electron chi connectivity index (χ0n) is 21.4. The molecule has 0 bridgehead atoms. The Labute approximate surface area is 226 Å². The summed E-state index contributed by atoms with van der Waals surface area (Å²) in [7, 11) is 1.46. The lowest BCUT2D eigenvalue weighted by molar-refractivity contribution is -0.139. The van der Waals surface area contributed by atoms with Crippen molar-refractivity contribution in [3.8, 4) is 11.5 Å². The van der Waals surface area contributed by atoms with Gasteiger partial charge in [-0.2, -0.15) is 0 Å². The van der Waals surface area contributed by atoms with Gasteiger partial charge in [-0.25, -0.2) is 14.6 Å². The molecule has 10 heteroatoms. The summed E-state index contributed by atoms with van der Waals surface area (Å²) in [5.41, 5.74) is 1.94. The van der Waals surface area contributed by atoms with Gasteiger partial charge in [0.1, 0.15) is 0 Å². The number of aromatic nitrogens is 1. The fraction of sp³-hybridized carbons (Fsp3) is 0.172. The normalized spacial score (nSPS) is 14.9. The van der Waals surface area contributed by atoms with Crippen molar-refractivity contribution in [2.45, 2.75) is 19.9 Å². The molecule has 2 aromatic carbocycles. The first-order valence-corrected chi connectivity index (χ1v) is 12.9. The Morgan fingerprint density at radius 1 is 1.08 bits per heavy atom. The van der Waals surface area contributed by atoms with Crippen LogP contribution in [0.4, 0.5) is 0 Å². The summed E-state index contributed by atoms with van der Waals surface area (Å²) in [6.45, 7) is 3.68. The summed E-state index contributed by atoms with van der Waals surface area (Å²) in [4.78, 5) is 44.0. The van der Waals surface area contributed by atoms with Gasteiger partial charge in [-0.05, 0) is 55.3 Å². The number of benzene rings is 2. The molecule has 2 aromatic heterocycles. The first-order valence-electron chi connectivity index (χ1n) is 12.1. The maximum Gasteiger partial charge on any atom is 0.379 e. The number of hydrogen-bond acceptors (Lipinski definition) is 9. The molecule has 0 saturated heterocycles. The van der Waals surface area contributed by atoms with E-state index >= 15 is 0 Å². The Balaban J connectivity index is 1.57. The zero-order chi connectivity index (χ0) is 27.5. The predicted octanol–water partition coefficient (Wildman–Crippen LogP) is 3.62. The highest BCUT2D eigenvalue weighted by atomic mass is 32.1. The Bertz CT molecular complexity index is 1750. The highest BCUT2D eigenvalue weighted by Gasteiger charge is 2.33. The Morgan fingerprint density at radius 3 is 2.56 bits per heavy atom. The number of furan rings is 1. The van der Waals surface area contributed by atoms with Crippen LogP contribution in [0.15, 0.2) is 92.4 Å². The minimum Gasteiger partial charge on any atom is -0.493 e. The monoisotopic (exact) mass is 544 g/mol. The highest BCUT2D eigenvalue weighted by Crippen LogP contribution is 2.31. The van der Waals surface area contributed by atoms with E-state index < -0.39 is 18.0 Å². The van der Waals surface area contributed by atoms with Crippen LogP contribution in [0.5, 0.6) is 11.5 Å². The molecule has 5 rings (SSSR count). The van der Waals surface area contributed by atoms with E-state index in [1.54, 1.807) is 44.2 Å². The molecule has 198 valence electrons. The second-order valence-electron chi connectivity index (χ2n) is 8.49. The van der Waals surface area contributed by atoms with Gasteiger partial charge in [-0.1, -0.05) is 47.7 Å². The first-order chi connectivity index (χ1) is 18.9. The molecule has 1 aliphatic rings. The number of carbonyl (C=O) groups excluding carboxylic acids is 2. The number of methoxy groups -OCH3 is 1. The number of esters is 2. The van der Waals surface area contributed by atoms with Gasteiger partial charge in [0, 0.05) is 0 Å². The van der Waals surface area contributed by atoms with Crippen LogP contribution in [0.1, 0.15) is 41.6 Å². The molecule has 0 N–H and O–H groups in total. The van der Waals surface area contributed by atoms with Gasteiger partial charge >= 0.3 is 11.9 Å². The average Bonchev–Trinajstić information content (AvgIpc) is 3.58. The van der Waals surface area contributed by atoms with Gasteiger partial charge in [-0.15, -0.1) is 0 Å². The van der Waals surface area contributed by atoms with Crippen molar-refractivity contribution in [1.82, 2.24) is 4.57 Å². The van der Waals surface area contributed by atoms with Crippen LogP contribution in [0.2, 0.25) is 0 Å². The van der Waals surface area contributed by atoms with E-state index in [1.807, 2.05) is 30.3 Å². The molecule has 0 radical (unpaired) electrons. The number of fused-ring (bicyclic) bond motifs is 1. The number of ether oxygens (including phenoxy) is 3. The molecule has 3 heterocycles. The van der Waals surface area contributed by atoms with Crippen molar-refractivity contribution in [2.75, 3.05) is 13.7 Å². The third kappa shape index (κ3) is 5.06. The van der Waals surface area contributed by atoms with Crippen molar-refractivity contribution in [3.63, 3.8) is 0 Å². The molecule has 1 unspecified atom stereocenters. The number of nitrogens with zero attached hydrogens (tertiary/aromatic N) is 2. The second kappa shape index (κ2) is 11.0. The van der Waals surface area contributed by atoms with Gasteiger partial charge in [-0.3, -0.25) is 9.36 Å². The summed E-state index contributed by atoms with van der Waals surface area (Å²) < 4.78 is 23.2. The van der Waals surface area contributed by atoms with E-state index in [9.17, 15) is 14.4 Å². The standard InChI is InChI=1S/C29H24N2O7S/c1-4-36-28(34)24-17(2)30-29-31(25(24)19-9-6-5-7-10-19)26(32)23(39-29)16-18-12-13-20(22(15-18)35-3)38-27(33)21-11-8-14-37-21/h5-16,25H,4H2,1-3H3/b23-16-.